The molecule has 0 aromatic heterocycles. The molecule has 0 aliphatic carbocycles. The van der Waals surface area contributed by atoms with Crippen molar-refractivity contribution < 1.29 is 14.6 Å². The van der Waals surface area contributed by atoms with Crippen LogP contribution >= 0.6 is 0 Å². The summed E-state index contributed by atoms with van der Waals surface area (Å²) in [4.78, 5) is 15.1. The summed E-state index contributed by atoms with van der Waals surface area (Å²) in [6, 6.07) is 19.4. The molecule has 0 spiro atoms. The molecule has 0 radical (unpaired) electrons. The van der Waals surface area contributed by atoms with Gasteiger partial charge in [-0.05, 0) is 44.0 Å². The summed E-state index contributed by atoms with van der Waals surface area (Å²) in [6.45, 7) is 4.62. The van der Waals surface area contributed by atoms with Crippen LogP contribution in [0.4, 0.5) is 0 Å². The average molecular weight is 383 g/mol. The van der Waals surface area contributed by atoms with E-state index in [2.05, 4.69) is 10.2 Å². The van der Waals surface area contributed by atoms with E-state index in [0.29, 0.717) is 45.6 Å². The minimum Gasteiger partial charge on any atom is -0.465 e. The molecular formula is C23H30N2O3. The monoisotopic (exact) mass is 382 g/mol. The Bertz CT molecular complexity index is 689. The predicted octanol–water partition coefficient (Wildman–Crippen LogP) is 2.74. The Morgan fingerprint density at radius 3 is 2.00 bits per heavy atom. The van der Waals surface area contributed by atoms with Crippen LogP contribution in [0.2, 0.25) is 0 Å². The molecule has 1 fully saturated rings. The number of rotatable bonds is 8. The molecule has 3 rings (SSSR count). The summed E-state index contributed by atoms with van der Waals surface area (Å²) < 4.78 is 5.42. The van der Waals surface area contributed by atoms with Gasteiger partial charge in [-0.1, -0.05) is 60.7 Å². The summed E-state index contributed by atoms with van der Waals surface area (Å²) in [5, 5.41) is 14.7. The van der Waals surface area contributed by atoms with Gasteiger partial charge in [0.2, 0.25) is 0 Å². The van der Waals surface area contributed by atoms with Crippen LogP contribution in [0.1, 0.15) is 30.9 Å². The maximum absolute atomic E-state index is 13.0. The van der Waals surface area contributed by atoms with Crippen LogP contribution in [0.5, 0.6) is 0 Å². The summed E-state index contributed by atoms with van der Waals surface area (Å²) >= 11 is 0. The van der Waals surface area contributed by atoms with Crippen molar-refractivity contribution in [1.82, 2.24) is 10.2 Å². The van der Waals surface area contributed by atoms with Gasteiger partial charge in [0.15, 0.2) is 0 Å². The second-order valence-electron chi connectivity index (χ2n) is 7.38. The van der Waals surface area contributed by atoms with Crippen molar-refractivity contribution >= 4 is 5.97 Å². The molecule has 5 nitrogen and oxygen atoms in total. The molecule has 150 valence electrons. The molecule has 1 heterocycles. The van der Waals surface area contributed by atoms with Crippen molar-refractivity contribution in [2.75, 3.05) is 19.7 Å². The third-order valence-electron chi connectivity index (χ3n) is 5.31. The van der Waals surface area contributed by atoms with Crippen molar-refractivity contribution in [3.8, 4) is 0 Å². The summed E-state index contributed by atoms with van der Waals surface area (Å²) in [5.41, 5.74) is 1.09. The van der Waals surface area contributed by atoms with Crippen molar-refractivity contribution in [1.29, 1.82) is 0 Å². The maximum atomic E-state index is 13.0. The predicted molar refractivity (Wildman–Crippen MR) is 110 cm³/mol. The van der Waals surface area contributed by atoms with Crippen LogP contribution in [0.15, 0.2) is 60.7 Å². The lowest BCUT2D eigenvalue weighted by atomic mass is 9.83. The lowest BCUT2D eigenvalue weighted by Crippen LogP contribution is -2.60. The molecule has 0 amide bonds. The fraction of sp³-hybridized carbons (Fsp3) is 0.435. The van der Waals surface area contributed by atoms with Crippen molar-refractivity contribution in [2.24, 2.45) is 0 Å². The maximum Gasteiger partial charge on any atom is 0.326 e. The number of hydrogen-bond acceptors (Lipinski definition) is 5. The number of hydrogen-bond donors (Lipinski definition) is 2. The molecule has 28 heavy (non-hydrogen) atoms. The fourth-order valence-electron chi connectivity index (χ4n) is 3.94. The second kappa shape index (κ2) is 9.82. The first-order valence-corrected chi connectivity index (χ1v) is 10.0. The van der Waals surface area contributed by atoms with E-state index < -0.39 is 11.6 Å². The van der Waals surface area contributed by atoms with Gasteiger partial charge >= 0.3 is 5.97 Å². The van der Waals surface area contributed by atoms with E-state index in [1.807, 2.05) is 60.7 Å². The van der Waals surface area contributed by atoms with Crippen LogP contribution in [-0.2, 0) is 22.6 Å². The van der Waals surface area contributed by atoms with Gasteiger partial charge in [-0.2, -0.15) is 0 Å². The van der Waals surface area contributed by atoms with E-state index in [0.717, 1.165) is 11.1 Å². The second-order valence-corrected chi connectivity index (χ2v) is 7.38. The molecule has 2 aromatic carbocycles. The Kier molecular flexibility index (Phi) is 7.20. The van der Waals surface area contributed by atoms with E-state index in [1.54, 1.807) is 6.92 Å². The SMILES string of the molecule is CCOC(=O)C(N(Cc1ccccc1)Cc1ccccc1)C1(O)CCNCC1. The lowest BCUT2D eigenvalue weighted by molar-refractivity contribution is -0.165. The van der Waals surface area contributed by atoms with Crippen molar-refractivity contribution in [2.45, 2.75) is 44.5 Å². The molecule has 1 atom stereocenters. The Morgan fingerprint density at radius 2 is 1.54 bits per heavy atom. The van der Waals surface area contributed by atoms with Crippen LogP contribution in [0.3, 0.4) is 0 Å². The number of carbonyl (C=O) groups excluding carboxylic acids is 1. The lowest BCUT2D eigenvalue weighted by Gasteiger charge is -2.43. The summed E-state index contributed by atoms with van der Waals surface area (Å²) in [6.07, 6.45) is 1.05. The largest absolute Gasteiger partial charge is 0.465 e. The normalized spacial score (nSPS) is 17.2. The van der Waals surface area contributed by atoms with Crippen molar-refractivity contribution in [3.63, 3.8) is 0 Å². The van der Waals surface area contributed by atoms with Gasteiger partial charge in [-0.3, -0.25) is 9.69 Å². The number of piperidine rings is 1. The Hall–Kier alpha value is -2.21. The quantitative estimate of drug-likeness (QED) is 0.688. The number of nitrogens with one attached hydrogen (secondary N) is 1. The molecule has 2 aromatic rings. The van der Waals surface area contributed by atoms with E-state index in [-0.39, 0.29) is 5.97 Å². The highest BCUT2D eigenvalue weighted by atomic mass is 16.5. The minimum absolute atomic E-state index is 0.300. The standard InChI is InChI=1S/C23H30N2O3/c1-2-28-22(26)21(23(27)13-15-24-16-14-23)25(17-19-9-5-3-6-10-19)18-20-11-7-4-8-12-20/h3-12,21,24,27H,2,13-18H2,1H3. The molecule has 1 saturated heterocycles. The van der Waals surface area contributed by atoms with Gasteiger partial charge in [0.25, 0.3) is 0 Å². The highest BCUT2D eigenvalue weighted by Crippen LogP contribution is 2.30. The average Bonchev–Trinajstić information content (AvgIpc) is 2.70. The number of ether oxygens (including phenoxy) is 1. The molecule has 0 saturated carbocycles. The van der Waals surface area contributed by atoms with E-state index in [4.69, 9.17) is 4.74 Å². The van der Waals surface area contributed by atoms with E-state index in [9.17, 15) is 9.90 Å². The number of carbonyl (C=O) groups is 1. The van der Waals surface area contributed by atoms with Crippen LogP contribution in [0.25, 0.3) is 0 Å². The van der Waals surface area contributed by atoms with Crippen LogP contribution in [0, 0.1) is 0 Å². The zero-order valence-electron chi connectivity index (χ0n) is 16.5. The molecule has 1 unspecified atom stereocenters. The Morgan fingerprint density at radius 1 is 1.04 bits per heavy atom. The third kappa shape index (κ3) is 5.19. The highest BCUT2D eigenvalue weighted by Gasteiger charge is 2.46. The van der Waals surface area contributed by atoms with Crippen LogP contribution < -0.4 is 5.32 Å². The smallest absolute Gasteiger partial charge is 0.326 e. The van der Waals surface area contributed by atoms with Gasteiger partial charge in [0.05, 0.1) is 12.2 Å². The number of benzene rings is 2. The number of esters is 1. The minimum atomic E-state index is -1.11. The van der Waals surface area contributed by atoms with Gasteiger partial charge in [0, 0.05) is 13.1 Å². The topological polar surface area (TPSA) is 61.8 Å². The summed E-state index contributed by atoms with van der Waals surface area (Å²) in [5.74, 6) is -0.348. The molecule has 1 aliphatic heterocycles. The first-order valence-electron chi connectivity index (χ1n) is 10.0. The molecule has 5 heteroatoms. The first-order chi connectivity index (χ1) is 13.6. The van der Waals surface area contributed by atoms with Gasteiger partial charge in [0.1, 0.15) is 6.04 Å². The van der Waals surface area contributed by atoms with Gasteiger partial charge < -0.3 is 15.2 Å². The molecular weight excluding hydrogens is 352 g/mol. The van der Waals surface area contributed by atoms with Crippen LogP contribution in [-0.4, -0.2) is 47.3 Å². The van der Waals surface area contributed by atoms with E-state index in [1.165, 1.54) is 0 Å². The number of nitrogens with zero attached hydrogens (tertiary/aromatic N) is 1. The highest BCUT2D eigenvalue weighted by molar-refractivity contribution is 5.77. The zero-order valence-corrected chi connectivity index (χ0v) is 16.5. The zero-order chi connectivity index (χ0) is 19.8. The van der Waals surface area contributed by atoms with E-state index >= 15 is 0 Å². The third-order valence-corrected chi connectivity index (χ3v) is 5.31. The number of aliphatic hydroxyl groups is 1. The molecule has 0 bridgehead atoms. The first kappa shape index (κ1) is 20.5. The van der Waals surface area contributed by atoms with Gasteiger partial charge in [-0.15, -0.1) is 0 Å². The Labute approximate surface area is 167 Å². The van der Waals surface area contributed by atoms with Gasteiger partial charge in [-0.25, -0.2) is 0 Å². The molecule has 1 aliphatic rings. The van der Waals surface area contributed by atoms with Crippen molar-refractivity contribution in [3.05, 3.63) is 71.8 Å². The summed E-state index contributed by atoms with van der Waals surface area (Å²) in [7, 11) is 0. The fourth-order valence-corrected chi connectivity index (χ4v) is 3.94. The Balaban J connectivity index is 1.95. The molecule has 2 N–H and O–H groups in total.